The van der Waals surface area contributed by atoms with E-state index in [9.17, 15) is 14.4 Å². The molecule has 1 heterocycles. The van der Waals surface area contributed by atoms with Crippen molar-refractivity contribution in [1.29, 1.82) is 0 Å². The fraction of sp³-hybridized carbons (Fsp3) is 0.250. The minimum atomic E-state index is -0.396. The molecule has 28 heavy (non-hydrogen) atoms. The molecule has 1 aliphatic heterocycles. The number of rotatable bonds is 5. The summed E-state index contributed by atoms with van der Waals surface area (Å²) < 4.78 is 5.23. The summed E-state index contributed by atoms with van der Waals surface area (Å²) in [5.74, 6) is -0.316. The molecule has 0 aliphatic carbocycles. The maximum Gasteiger partial charge on any atom is 0.251 e. The maximum atomic E-state index is 12.4. The van der Waals surface area contributed by atoms with Crippen LogP contribution in [0, 0.1) is 6.92 Å². The predicted molar refractivity (Wildman–Crippen MR) is 109 cm³/mol. The Morgan fingerprint density at radius 3 is 2.75 bits per heavy atom. The molecule has 1 aliphatic rings. The molecule has 1 atom stereocenters. The van der Waals surface area contributed by atoms with Gasteiger partial charge in [-0.25, -0.2) is 0 Å². The number of methoxy groups -OCH3 is 1. The Morgan fingerprint density at radius 2 is 2.00 bits per heavy atom. The molecular formula is C20H21N3O4S. The Morgan fingerprint density at radius 1 is 1.21 bits per heavy atom. The van der Waals surface area contributed by atoms with Gasteiger partial charge in [0.1, 0.15) is 5.75 Å². The van der Waals surface area contributed by atoms with Crippen molar-refractivity contribution >= 4 is 40.9 Å². The largest absolute Gasteiger partial charge is 0.495 e. The molecule has 0 saturated carbocycles. The van der Waals surface area contributed by atoms with Gasteiger partial charge in [-0.05, 0) is 49.7 Å². The molecule has 8 heteroatoms. The standard InChI is InChI=1S/C20H21N3O4S/c1-11-4-6-16(27-3)14(8-11)22-18(24)10-21-20(26)13-5-7-17-15(9-13)23-19(25)12(2)28-17/h4-9,12H,10H2,1-3H3,(H,21,26)(H,22,24)(H,23,25)/t12-/m0/s1. The van der Waals surface area contributed by atoms with E-state index in [-0.39, 0.29) is 23.6 Å². The van der Waals surface area contributed by atoms with Crippen LogP contribution in [-0.2, 0) is 9.59 Å². The number of anilines is 2. The molecule has 0 bridgehead atoms. The zero-order valence-electron chi connectivity index (χ0n) is 15.8. The quantitative estimate of drug-likeness (QED) is 0.718. The third-order valence-electron chi connectivity index (χ3n) is 4.21. The number of hydrogen-bond donors (Lipinski definition) is 3. The van der Waals surface area contributed by atoms with Gasteiger partial charge in [0.05, 0.1) is 30.3 Å². The number of benzene rings is 2. The van der Waals surface area contributed by atoms with Crippen LogP contribution in [0.3, 0.4) is 0 Å². The molecule has 2 aromatic rings. The van der Waals surface area contributed by atoms with E-state index >= 15 is 0 Å². The van der Waals surface area contributed by atoms with Gasteiger partial charge in [-0.2, -0.15) is 0 Å². The summed E-state index contributed by atoms with van der Waals surface area (Å²) in [7, 11) is 1.52. The van der Waals surface area contributed by atoms with Crippen LogP contribution in [0.25, 0.3) is 0 Å². The molecule has 0 aromatic heterocycles. The van der Waals surface area contributed by atoms with Crippen molar-refractivity contribution in [3.05, 3.63) is 47.5 Å². The monoisotopic (exact) mass is 399 g/mol. The Bertz CT molecular complexity index is 945. The number of carbonyl (C=O) groups is 3. The van der Waals surface area contributed by atoms with Gasteiger partial charge in [0.25, 0.3) is 5.91 Å². The fourth-order valence-corrected chi connectivity index (χ4v) is 3.66. The first-order valence-corrected chi connectivity index (χ1v) is 9.59. The van der Waals surface area contributed by atoms with Gasteiger partial charge in [0.2, 0.25) is 11.8 Å². The number of aryl methyl sites for hydroxylation is 1. The summed E-state index contributed by atoms with van der Waals surface area (Å²) in [5.41, 5.74) is 2.50. The minimum absolute atomic E-state index is 0.0958. The summed E-state index contributed by atoms with van der Waals surface area (Å²) in [5, 5.41) is 7.93. The Labute approximate surface area is 167 Å². The van der Waals surface area contributed by atoms with Crippen LogP contribution in [0.5, 0.6) is 5.75 Å². The van der Waals surface area contributed by atoms with Crippen LogP contribution in [0.4, 0.5) is 11.4 Å². The average molecular weight is 399 g/mol. The highest BCUT2D eigenvalue weighted by Crippen LogP contribution is 2.35. The van der Waals surface area contributed by atoms with E-state index in [0.29, 0.717) is 22.7 Å². The van der Waals surface area contributed by atoms with Crippen molar-refractivity contribution in [2.24, 2.45) is 0 Å². The second-order valence-electron chi connectivity index (χ2n) is 6.39. The van der Waals surface area contributed by atoms with E-state index in [1.54, 1.807) is 30.3 Å². The second kappa shape index (κ2) is 8.35. The van der Waals surface area contributed by atoms with Gasteiger partial charge in [0.15, 0.2) is 0 Å². The number of fused-ring (bicyclic) bond motifs is 1. The highest BCUT2D eigenvalue weighted by molar-refractivity contribution is 8.00. The first kappa shape index (κ1) is 19.8. The van der Waals surface area contributed by atoms with Crippen LogP contribution in [0.15, 0.2) is 41.3 Å². The summed E-state index contributed by atoms with van der Waals surface area (Å²) in [6, 6.07) is 10.5. The number of carbonyl (C=O) groups excluding carboxylic acids is 3. The molecule has 0 radical (unpaired) electrons. The zero-order chi connectivity index (χ0) is 20.3. The molecule has 3 amide bonds. The van der Waals surface area contributed by atoms with Crippen LogP contribution < -0.4 is 20.7 Å². The van der Waals surface area contributed by atoms with Crippen LogP contribution in [-0.4, -0.2) is 36.6 Å². The molecule has 0 unspecified atom stereocenters. The van der Waals surface area contributed by atoms with Crippen LogP contribution >= 0.6 is 11.8 Å². The maximum absolute atomic E-state index is 12.4. The molecular weight excluding hydrogens is 378 g/mol. The Hall–Kier alpha value is -3.00. The van der Waals surface area contributed by atoms with E-state index in [4.69, 9.17) is 4.74 Å². The van der Waals surface area contributed by atoms with Crippen molar-refractivity contribution in [2.45, 2.75) is 24.0 Å². The van der Waals surface area contributed by atoms with Crippen molar-refractivity contribution in [1.82, 2.24) is 5.32 Å². The lowest BCUT2D eigenvalue weighted by Gasteiger charge is -2.21. The van der Waals surface area contributed by atoms with E-state index in [1.165, 1.54) is 18.9 Å². The van der Waals surface area contributed by atoms with Crippen LogP contribution in [0.2, 0.25) is 0 Å². The topological polar surface area (TPSA) is 96.5 Å². The molecule has 0 fully saturated rings. The van der Waals surface area contributed by atoms with Crippen molar-refractivity contribution < 1.29 is 19.1 Å². The molecule has 3 rings (SSSR count). The van der Waals surface area contributed by atoms with Crippen molar-refractivity contribution in [2.75, 3.05) is 24.3 Å². The van der Waals surface area contributed by atoms with Crippen molar-refractivity contribution in [3.63, 3.8) is 0 Å². The second-order valence-corrected chi connectivity index (χ2v) is 7.78. The predicted octanol–water partition coefficient (Wildman–Crippen LogP) is 2.80. The lowest BCUT2D eigenvalue weighted by Crippen LogP contribution is -2.33. The third kappa shape index (κ3) is 4.45. The van der Waals surface area contributed by atoms with Gasteiger partial charge in [0, 0.05) is 10.5 Å². The Kier molecular flexibility index (Phi) is 5.89. The lowest BCUT2D eigenvalue weighted by atomic mass is 10.1. The van der Waals surface area contributed by atoms with Gasteiger partial charge in [-0.1, -0.05) is 6.07 Å². The fourth-order valence-electron chi connectivity index (χ4n) is 2.73. The summed E-state index contributed by atoms with van der Waals surface area (Å²) >= 11 is 1.44. The first-order valence-electron chi connectivity index (χ1n) is 8.71. The number of hydrogen-bond acceptors (Lipinski definition) is 5. The number of nitrogens with one attached hydrogen (secondary N) is 3. The van der Waals surface area contributed by atoms with Crippen molar-refractivity contribution in [3.8, 4) is 5.75 Å². The smallest absolute Gasteiger partial charge is 0.251 e. The summed E-state index contributed by atoms with van der Waals surface area (Å²) in [4.78, 5) is 37.3. The first-order chi connectivity index (χ1) is 13.4. The number of amides is 3. The van der Waals surface area contributed by atoms with Gasteiger partial charge < -0.3 is 20.7 Å². The lowest BCUT2D eigenvalue weighted by molar-refractivity contribution is -0.116. The number of ether oxygens (including phenoxy) is 1. The number of thioether (sulfide) groups is 1. The Balaban J connectivity index is 1.61. The summed E-state index contributed by atoms with van der Waals surface area (Å²) in [6.45, 7) is 3.54. The van der Waals surface area contributed by atoms with Gasteiger partial charge in [-0.15, -0.1) is 11.8 Å². The summed E-state index contributed by atoms with van der Waals surface area (Å²) in [6.07, 6.45) is 0. The zero-order valence-corrected chi connectivity index (χ0v) is 16.6. The molecule has 146 valence electrons. The highest BCUT2D eigenvalue weighted by Gasteiger charge is 2.23. The van der Waals surface area contributed by atoms with Gasteiger partial charge >= 0.3 is 0 Å². The normalized spacial score (nSPS) is 15.2. The third-order valence-corrected chi connectivity index (χ3v) is 5.39. The highest BCUT2D eigenvalue weighted by atomic mass is 32.2. The van der Waals surface area contributed by atoms with Gasteiger partial charge in [-0.3, -0.25) is 14.4 Å². The molecule has 7 nitrogen and oxygen atoms in total. The van der Waals surface area contributed by atoms with E-state index in [1.807, 2.05) is 19.9 Å². The SMILES string of the molecule is COc1ccc(C)cc1NC(=O)CNC(=O)c1ccc2c(c1)NC(=O)[C@H](C)S2. The van der Waals surface area contributed by atoms with Crippen LogP contribution in [0.1, 0.15) is 22.8 Å². The average Bonchev–Trinajstić information content (AvgIpc) is 2.67. The van der Waals surface area contributed by atoms with E-state index in [0.717, 1.165) is 10.5 Å². The molecule has 0 saturated heterocycles. The van der Waals surface area contributed by atoms with E-state index in [2.05, 4.69) is 16.0 Å². The van der Waals surface area contributed by atoms with E-state index < -0.39 is 5.91 Å². The molecule has 2 aromatic carbocycles. The minimum Gasteiger partial charge on any atom is -0.495 e. The molecule has 3 N–H and O–H groups in total. The molecule has 0 spiro atoms.